The van der Waals surface area contributed by atoms with Crippen molar-refractivity contribution in [3.05, 3.63) is 68.7 Å². The number of rotatable bonds is 5. The molecule has 0 bridgehead atoms. The summed E-state index contributed by atoms with van der Waals surface area (Å²) in [6.45, 7) is 1.49. The highest BCUT2D eigenvalue weighted by molar-refractivity contribution is 6.40. The molecule has 3 rings (SSSR count). The summed E-state index contributed by atoms with van der Waals surface area (Å²) in [6.07, 6.45) is 1.39. The third-order valence-corrected chi connectivity index (χ3v) is 4.73. The van der Waals surface area contributed by atoms with Gasteiger partial charge in [0.2, 0.25) is 0 Å². The average molecular weight is 478 g/mol. The zero-order chi connectivity index (χ0) is 23.4. The van der Waals surface area contributed by atoms with Crippen LogP contribution in [0.25, 0.3) is 6.08 Å². The number of anilines is 1. The molecular formula is C21H17Cl2N3O6. The Labute approximate surface area is 192 Å². The van der Waals surface area contributed by atoms with Crippen molar-refractivity contribution in [2.24, 2.45) is 0 Å². The van der Waals surface area contributed by atoms with E-state index in [0.717, 1.165) is 0 Å². The number of ether oxygens (including phenoxy) is 1. The first kappa shape index (κ1) is 23.1. The molecule has 1 aliphatic rings. The lowest BCUT2D eigenvalue weighted by molar-refractivity contribution is -0.136. The van der Waals surface area contributed by atoms with E-state index in [9.17, 15) is 19.2 Å². The van der Waals surface area contributed by atoms with Gasteiger partial charge in [-0.25, -0.2) is 4.79 Å². The number of furan rings is 1. The normalized spacial score (nSPS) is 14.4. The lowest BCUT2D eigenvalue weighted by Gasteiger charge is -2.06. The number of hydrogen-bond donors (Lipinski definition) is 3. The molecule has 32 heavy (non-hydrogen) atoms. The van der Waals surface area contributed by atoms with Crippen molar-refractivity contribution in [1.29, 1.82) is 0 Å². The van der Waals surface area contributed by atoms with Crippen LogP contribution >= 0.6 is 23.2 Å². The maximum atomic E-state index is 12.1. The van der Waals surface area contributed by atoms with E-state index in [-0.39, 0.29) is 29.1 Å². The fraction of sp³-hybridized carbons (Fsp3) is 0.143. The first-order valence-corrected chi connectivity index (χ1v) is 9.90. The van der Waals surface area contributed by atoms with Crippen molar-refractivity contribution in [3.8, 4) is 0 Å². The first-order valence-electron chi connectivity index (χ1n) is 9.14. The van der Waals surface area contributed by atoms with Crippen LogP contribution in [0.15, 0.2) is 51.6 Å². The Morgan fingerprint density at radius 1 is 1.12 bits per heavy atom. The molecule has 2 heterocycles. The number of benzene rings is 1. The van der Waals surface area contributed by atoms with E-state index in [1.807, 2.05) is 0 Å². The first-order chi connectivity index (χ1) is 15.2. The number of halogens is 2. The third-order valence-electron chi connectivity index (χ3n) is 4.30. The number of allylic oxidation sites excluding steroid dienone is 1. The van der Waals surface area contributed by atoms with Crippen LogP contribution in [-0.4, -0.2) is 30.8 Å². The van der Waals surface area contributed by atoms with Crippen LogP contribution in [0.2, 0.25) is 10.0 Å². The minimum atomic E-state index is -0.914. The smallest absolute Gasteiger partial charge is 0.340 e. The molecule has 1 aliphatic heterocycles. The summed E-state index contributed by atoms with van der Waals surface area (Å²) in [4.78, 5) is 48.2. The molecule has 0 atom stereocenters. The molecule has 1 aromatic carbocycles. The second-order valence-electron chi connectivity index (χ2n) is 6.60. The molecule has 0 saturated carbocycles. The van der Waals surface area contributed by atoms with Crippen LogP contribution in [0, 0.1) is 0 Å². The van der Waals surface area contributed by atoms with E-state index in [1.54, 1.807) is 19.1 Å². The molecule has 2 aromatic rings. The zero-order valence-electron chi connectivity index (χ0n) is 16.9. The van der Waals surface area contributed by atoms with Gasteiger partial charge in [-0.15, -0.1) is 0 Å². The maximum absolute atomic E-state index is 12.1. The van der Waals surface area contributed by atoms with Crippen molar-refractivity contribution in [2.75, 3.05) is 12.4 Å². The van der Waals surface area contributed by atoms with E-state index in [0.29, 0.717) is 21.5 Å². The fourth-order valence-corrected chi connectivity index (χ4v) is 3.42. The van der Waals surface area contributed by atoms with Gasteiger partial charge < -0.3 is 25.1 Å². The van der Waals surface area contributed by atoms with Gasteiger partial charge in [-0.05, 0) is 43.3 Å². The maximum Gasteiger partial charge on any atom is 0.340 e. The Morgan fingerprint density at radius 3 is 2.47 bits per heavy atom. The van der Waals surface area contributed by atoms with Gasteiger partial charge in [-0.3, -0.25) is 14.4 Å². The van der Waals surface area contributed by atoms with Crippen molar-refractivity contribution in [2.45, 2.75) is 13.5 Å². The molecule has 0 unspecified atom stereocenters. The largest absolute Gasteiger partial charge is 0.465 e. The topological polar surface area (TPSA) is 127 Å². The monoisotopic (exact) mass is 477 g/mol. The van der Waals surface area contributed by atoms with Crippen LogP contribution in [0.1, 0.15) is 18.4 Å². The minimum Gasteiger partial charge on any atom is -0.465 e. The van der Waals surface area contributed by atoms with Crippen molar-refractivity contribution in [3.63, 3.8) is 0 Å². The predicted molar refractivity (Wildman–Crippen MR) is 116 cm³/mol. The van der Waals surface area contributed by atoms with Gasteiger partial charge in [-0.1, -0.05) is 23.2 Å². The number of carbonyl (C=O) groups is 4. The summed E-state index contributed by atoms with van der Waals surface area (Å²) < 4.78 is 10.3. The third kappa shape index (κ3) is 5.37. The van der Waals surface area contributed by atoms with Crippen LogP contribution < -0.4 is 16.0 Å². The van der Waals surface area contributed by atoms with Crippen molar-refractivity contribution in [1.82, 2.24) is 10.6 Å². The van der Waals surface area contributed by atoms with Gasteiger partial charge in [0.15, 0.2) is 0 Å². The van der Waals surface area contributed by atoms with Crippen LogP contribution in [0.4, 0.5) is 5.69 Å². The zero-order valence-corrected chi connectivity index (χ0v) is 18.4. The van der Waals surface area contributed by atoms with Crippen LogP contribution in [0.5, 0.6) is 0 Å². The van der Waals surface area contributed by atoms with Crippen molar-refractivity contribution < 1.29 is 28.3 Å². The standard InChI is InChI=1S/C21H17Cl2N3O6/c1-10-17(21(30)31-2)16(18(27)25-10)8-14-3-4-15(32-14)9-24-19(28)20(29)26-13-6-11(22)5-12(23)7-13/h3-8H,9H2,1-2H3,(H,24,28)(H,25,27)(H,26,29)/b16-8+. The Balaban J connectivity index is 1.63. The summed E-state index contributed by atoms with van der Waals surface area (Å²) in [5, 5.41) is 7.97. The highest BCUT2D eigenvalue weighted by Gasteiger charge is 2.31. The number of carbonyl (C=O) groups excluding carboxylic acids is 4. The predicted octanol–water partition coefficient (Wildman–Crippen LogP) is 2.80. The summed E-state index contributed by atoms with van der Waals surface area (Å²) in [7, 11) is 1.22. The molecule has 3 N–H and O–H groups in total. The molecule has 11 heteroatoms. The highest BCUT2D eigenvalue weighted by atomic mass is 35.5. The number of methoxy groups -OCH3 is 1. The van der Waals surface area contributed by atoms with E-state index in [4.69, 9.17) is 32.4 Å². The molecule has 0 saturated heterocycles. The van der Waals surface area contributed by atoms with E-state index in [2.05, 4.69) is 16.0 Å². The van der Waals surface area contributed by atoms with E-state index in [1.165, 1.54) is 31.4 Å². The molecule has 9 nitrogen and oxygen atoms in total. The fourth-order valence-electron chi connectivity index (χ4n) is 2.89. The lowest BCUT2D eigenvalue weighted by Crippen LogP contribution is -2.34. The lowest BCUT2D eigenvalue weighted by atomic mass is 10.1. The molecule has 0 spiro atoms. The van der Waals surface area contributed by atoms with Crippen LogP contribution in [0.3, 0.4) is 0 Å². The highest BCUT2D eigenvalue weighted by Crippen LogP contribution is 2.25. The Bertz CT molecular complexity index is 1160. The summed E-state index contributed by atoms with van der Waals surface area (Å²) >= 11 is 11.7. The second kappa shape index (κ2) is 9.71. The molecule has 166 valence electrons. The molecular weight excluding hydrogens is 461 g/mol. The Kier molecular flexibility index (Phi) is 7.01. The number of amides is 3. The van der Waals surface area contributed by atoms with Crippen molar-refractivity contribution >= 4 is 58.7 Å². The van der Waals surface area contributed by atoms with Gasteiger partial charge >= 0.3 is 17.8 Å². The second-order valence-corrected chi connectivity index (χ2v) is 7.48. The number of hydrogen-bond acceptors (Lipinski definition) is 6. The molecule has 0 aliphatic carbocycles. The molecule has 1 aromatic heterocycles. The van der Waals surface area contributed by atoms with E-state index >= 15 is 0 Å². The van der Waals surface area contributed by atoms with E-state index < -0.39 is 23.7 Å². The minimum absolute atomic E-state index is 0.0867. The number of nitrogens with one attached hydrogen (secondary N) is 3. The molecule has 0 radical (unpaired) electrons. The summed E-state index contributed by atoms with van der Waals surface area (Å²) in [5.41, 5.74) is 0.855. The SMILES string of the molecule is COC(=O)C1=C(C)NC(=O)/C1=C/c1ccc(CNC(=O)C(=O)Nc2cc(Cl)cc(Cl)c2)o1. The van der Waals surface area contributed by atoms with Gasteiger partial charge in [0.25, 0.3) is 5.91 Å². The van der Waals surface area contributed by atoms with Gasteiger partial charge in [0.05, 0.1) is 24.8 Å². The van der Waals surface area contributed by atoms with Gasteiger partial charge in [0.1, 0.15) is 11.5 Å². The quantitative estimate of drug-likeness (QED) is 0.345. The average Bonchev–Trinajstić information content (AvgIpc) is 3.28. The summed E-state index contributed by atoms with van der Waals surface area (Å²) in [5.74, 6) is -2.34. The Morgan fingerprint density at radius 2 is 1.81 bits per heavy atom. The van der Waals surface area contributed by atoms with Gasteiger partial charge in [0, 0.05) is 21.4 Å². The molecule has 0 fully saturated rings. The Hall–Kier alpha value is -3.56. The molecule has 3 amide bonds. The van der Waals surface area contributed by atoms with Gasteiger partial charge in [-0.2, -0.15) is 0 Å². The van der Waals surface area contributed by atoms with Crippen LogP contribution in [-0.2, 0) is 30.5 Å². The number of esters is 1. The summed E-state index contributed by atoms with van der Waals surface area (Å²) in [6, 6.07) is 7.50.